The summed E-state index contributed by atoms with van der Waals surface area (Å²) in [7, 11) is 3.51. The number of aromatic nitrogens is 4. The highest BCUT2D eigenvalue weighted by Crippen LogP contribution is 2.31. The molecule has 10 heteroatoms. The Balaban J connectivity index is 1.55. The van der Waals surface area contributed by atoms with E-state index < -0.39 is 5.82 Å². The molecule has 0 spiro atoms. The molecule has 170 valence electrons. The monoisotopic (exact) mass is 467 g/mol. The minimum absolute atomic E-state index is 0.0531. The lowest BCUT2D eigenvalue weighted by molar-refractivity contribution is 0.208. The number of urea groups is 1. The number of hydrogen-bond donors (Lipinski definition) is 2. The van der Waals surface area contributed by atoms with Gasteiger partial charge < -0.3 is 15.5 Å². The SMILES string of the molecule is C[C@@H](c1cnc(NCc2ncn(C)n2)c2ccccc12)N(C)C(=O)Nc1ccc(F)c(Cl)c1. The third-order valence-corrected chi connectivity index (χ3v) is 5.70. The van der Waals surface area contributed by atoms with Crippen LogP contribution in [0.3, 0.4) is 0 Å². The van der Waals surface area contributed by atoms with Gasteiger partial charge in [0.1, 0.15) is 18.0 Å². The first kappa shape index (κ1) is 22.5. The lowest BCUT2D eigenvalue weighted by Crippen LogP contribution is -2.33. The lowest BCUT2D eigenvalue weighted by Gasteiger charge is -2.27. The van der Waals surface area contributed by atoms with Gasteiger partial charge in [0.2, 0.25) is 0 Å². The predicted octanol–water partition coefficient (Wildman–Crippen LogP) is 4.99. The van der Waals surface area contributed by atoms with Crippen LogP contribution in [0.1, 0.15) is 24.4 Å². The quantitative estimate of drug-likeness (QED) is 0.417. The maximum absolute atomic E-state index is 13.4. The van der Waals surface area contributed by atoms with E-state index in [1.54, 1.807) is 29.2 Å². The van der Waals surface area contributed by atoms with E-state index in [9.17, 15) is 9.18 Å². The van der Waals surface area contributed by atoms with Crippen molar-refractivity contribution in [3.05, 3.63) is 77.2 Å². The first-order chi connectivity index (χ1) is 15.8. The van der Waals surface area contributed by atoms with Crippen LogP contribution in [0.25, 0.3) is 10.8 Å². The number of hydrogen-bond acceptors (Lipinski definition) is 5. The molecule has 0 aliphatic carbocycles. The molecule has 33 heavy (non-hydrogen) atoms. The fourth-order valence-corrected chi connectivity index (χ4v) is 3.67. The summed E-state index contributed by atoms with van der Waals surface area (Å²) in [5.41, 5.74) is 1.30. The molecule has 2 heterocycles. The van der Waals surface area contributed by atoms with E-state index in [4.69, 9.17) is 11.6 Å². The van der Waals surface area contributed by atoms with E-state index in [0.717, 1.165) is 16.3 Å². The number of rotatable bonds is 6. The Morgan fingerprint density at radius 2 is 1.97 bits per heavy atom. The second-order valence-electron chi connectivity index (χ2n) is 7.64. The largest absolute Gasteiger partial charge is 0.362 e. The van der Waals surface area contributed by atoms with E-state index in [-0.39, 0.29) is 17.1 Å². The van der Waals surface area contributed by atoms with Crippen LogP contribution in [0.4, 0.5) is 20.7 Å². The molecule has 8 nitrogen and oxygen atoms in total. The maximum atomic E-state index is 13.4. The predicted molar refractivity (Wildman–Crippen MR) is 127 cm³/mol. The normalized spacial score (nSPS) is 11.9. The van der Waals surface area contributed by atoms with Crippen LogP contribution in [0, 0.1) is 5.82 Å². The molecular formula is C23H23ClFN7O. The van der Waals surface area contributed by atoms with Crippen molar-refractivity contribution in [3.63, 3.8) is 0 Å². The first-order valence-electron chi connectivity index (χ1n) is 10.3. The third-order valence-electron chi connectivity index (χ3n) is 5.41. The average Bonchev–Trinajstić information content (AvgIpc) is 3.23. The second-order valence-corrected chi connectivity index (χ2v) is 8.05. The van der Waals surface area contributed by atoms with Gasteiger partial charge in [0.25, 0.3) is 0 Å². The Bertz CT molecular complexity index is 1310. The fraction of sp³-hybridized carbons (Fsp3) is 0.217. The summed E-state index contributed by atoms with van der Waals surface area (Å²) < 4.78 is 15.0. The average molecular weight is 468 g/mol. The van der Waals surface area contributed by atoms with E-state index in [1.165, 1.54) is 18.2 Å². The molecule has 2 aromatic heterocycles. The molecule has 2 amide bonds. The van der Waals surface area contributed by atoms with Crippen molar-refractivity contribution < 1.29 is 9.18 Å². The number of amides is 2. The Kier molecular flexibility index (Phi) is 6.41. The van der Waals surface area contributed by atoms with Crippen molar-refractivity contribution >= 4 is 39.9 Å². The molecule has 2 aromatic carbocycles. The van der Waals surface area contributed by atoms with Crippen LogP contribution < -0.4 is 10.6 Å². The molecule has 0 aliphatic heterocycles. The summed E-state index contributed by atoms with van der Waals surface area (Å²) in [6.07, 6.45) is 3.41. The van der Waals surface area contributed by atoms with Crippen LogP contribution >= 0.6 is 11.6 Å². The molecule has 1 atom stereocenters. The Labute approximate surface area is 195 Å². The van der Waals surface area contributed by atoms with Crippen LogP contribution in [0.5, 0.6) is 0 Å². The Morgan fingerprint density at radius 1 is 1.21 bits per heavy atom. The Morgan fingerprint density at radius 3 is 2.67 bits per heavy atom. The number of carbonyl (C=O) groups excluding carboxylic acids is 1. The highest BCUT2D eigenvalue weighted by molar-refractivity contribution is 6.31. The molecule has 0 saturated carbocycles. The molecule has 0 unspecified atom stereocenters. The van der Waals surface area contributed by atoms with Crippen molar-refractivity contribution in [3.8, 4) is 0 Å². The minimum atomic E-state index is -0.540. The van der Waals surface area contributed by atoms with Gasteiger partial charge in [0.05, 0.1) is 17.6 Å². The molecule has 0 saturated heterocycles. The molecule has 0 radical (unpaired) electrons. The van der Waals surface area contributed by atoms with Crippen LogP contribution in [-0.2, 0) is 13.6 Å². The zero-order valence-electron chi connectivity index (χ0n) is 18.4. The first-order valence-corrected chi connectivity index (χ1v) is 10.7. The molecule has 0 bridgehead atoms. The van der Waals surface area contributed by atoms with E-state index in [0.29, 0.717) is 23.9 Å². The van der Waals surface area contributed by atoms with Gasteiger partial charge in [-0.25, -0.2) is 19.2 Å². The summed E-state index contributed by atoms with van der Waals surface area (Å²) >= 11 is 5.82. The summed E-state index contributed by atoms with van der Waals surface area (Å²) in [6, 6.07) is 11.3. The van der Waals surface area contributed by atoms with Gasteiger partial charge in [0.15, 0.2) is 5.82 Å². The van der Waals surface area contributed by atoms with Gasteiger partial charge in [-0.15, -0.1) is 0 Å². The van der Waals surface area contributed by atoms with Gasteiger partial charge in [-0.2, -0.15) is 5.10 Å². The smallest absolute Gasteiger partial charge is 0.322 e. The summed E-state index contributed by atoms with van der Waals surface area (Å²) in [6.45, 7) is 2.36. The van der Waals surface area contributed by atoms with Crippen molar-refractivity contribution in [2.45, 2.75) is 19.5 Å². The molecule has 0 fully saturated rings. The number of benzene rings is 2. The zero-order chi connectivity index (χ0) is 23.5. The molecular weight excluding hydrogens is 445 g/mol. The summed E-state index contributed by atoms with van der Waals surface area (Å²) in [4.78, 5) is 23.2. The summed E-state index contributed by atoms with van der Waals surface area (Å²) in [5.74, 6) is 0.835. The molecule has 4 rings (SSSR count). The van der Waals surface area contributed by atoms with Crippen LogP contribution in [-0.4, -0.2) is 37.7 Å². The Hall–Kier alpha value is -3.72. The zero-order valence-corrected chi connectivity index (χ0v) is 19.1. The maximum Gasteiger partial charge on any atom is 0.322 e. The van der Waals surface area contributed by atoms with Gasteiger partial charge in [-0.3, -0.25) is 4.68 Å². The number of halogens is 2. The summed E-state index contributed by atoms with van der Waals surface area (Å²) in [5, 5.41) is 12.2. The van der Waals surface area contributed by atoms with Gasteiger partial charge in [-0.05, 0) is 30.5 Å². The number of nitrogens with one attached hydrogen (secondary N) is 2. The molecule has 4 aromatic rings. The van der Waals surface area contributed by atoms with Crippen LogP contribution in [0.15, 0.2) is 55.0 Å². The number of fused-ring (bicyclic) bond motifs is 1. The van der Waals surface area contributed by atoms with E-state index in [1.807, 2.05) is 38.2 Å². The number of anilines is 2. The minimum Gasteiger partial charge on any atom is -0.362 e. The van der Waals surface area contributed by atoms with Crippen molar-refractivity contribution in [1.82, 2.24) is 24.6 Å². The van der Waals surface area contributed by atoms with Gasteiger partial charge in [0, 0.05) is 36.9 Å². The molecule has 0 aliphatic rings. The van der Waals surface area contributed by atoms with Crippen molar-refractivity contribution in [2.24, 2.45) is 7.05 Å². The standard InChI is InChI=1S/C23H23ClFN7O/c1-14(32(3)23(33)29-15-8-9-20(25)19(24)10-15)18-11-26-22(17-7-5-4-6-16(17)18)27-12-21-28-13-31(2)30-21/h4-11,13-14H,12H2,1-3H3,(H,26,27)(H,29,33)/t14-/m0/s1. The van der Waals surface area contributed by atoms with Crippen LogP contribution in [0.2, 0.25) is 5.02 Å². The number of pyridine rings is 1. The van der Waals surface area contributed by atoms with E-state index in [2.05, 4.69) is 25.7 Å². The topological polar surface area (TPSA) is 88.0 Å². The number of aryl methyl sites for hydroxylation is 1. The number of nitrogens with zero attached hydrogens (tertiary/aromatic N) is 5. The fourth-order valence-electron chi connectivity index (χ4n) is 3.49. The lowest BCUT2D eigenvalue weighted by atomic mass is 10.0. The van der Waals surface area contributed by atoms with Gasteiger partial charge in [-0.1, -0.05) is 35.9 Å². The van der Waals surface area contributed by atoms with E-state index >= 15 is 0 Å². The molecule has 2 N–H and O–H groups in total. The highest BCUT2D eigenvalue weighted by atomic mass is 35.5. The number of carbonyl (C=O) groups is 1. The van der Waals surface area contributed by atoms with Crippen molar-refractivity contribution in [2.75, 3.05) is 17.7 Å². The van der Waals surface area contributed by atoms with Crippen molar-refractivity contribution in [1.29, 1.82) is 0 Å². The second kappa shape index (κ2) is 9.41. The van der Waals surface area contributed by atoms with Gasteiger partial charge >= 0.3 is 6.03 Å². The third kappa shape index (κ3) is 4.88. The highest BCUT2D eigenvalue weighted by Gasteiger charge is 2.21.